The van der Waals surface area contributed by atoms with Crippen LogP contribution in [0.2, 0.25) is 0 Å². The lowest BCUT2D eigenvalue weighted by Crippen LogP contribution is -2.24. The van der Waals surface area contributed by atoms with Gasteiger partial charge >= 0.3 is 0 Å². The van der Waals surface area contributed by atoms with Crippen molar-refractivity contribution in [3.8, 4) is 22.6 Å². The number of amides is 1. The van der Waals surface area contributed by atoms with E-state index in [0.717, 1.165) is 34.5 Å². The van der Waals surface area contributed by atoms with E-state index in [2.05, 4.69) is 27.4 Å². The quantitative estimate of drug-likeness (QED) is 0.764. The second kappa shape index (κ2) is 6.71. The van der Waals surface area contributed by atoms with Crippen molar-refractivity contribution in [1.29, 1.82) is 0 Å². The van der Waals surface area contributed by atoms with Crippen molar-refractivity contribution in [2.75, 3.05) is 0 Å². The summed E-state index contributed by atoms with van der Waals surface area (Å²) in [5.41, 5.74) is 4.42. The maximum atomic E-state index is 11.9. The van der Waals surface area contributed by atoms with Gasteiger partial charge in [0.15, 0.2) is 5.76 Å². The second-order valence-electron chi connectivity index (χ2n) is 6.85. The standard InChI is InChI=1S/C20H20N4O2/c1-12-7-16(12)20(25)22-9-14-3-5-15(6-4-14)19-17(10-21-11-23-19)18-8-13(2)24-26-18/h3-6,8,10-12,16H,7,9H2,1-2H3,(H,22,25)/t12-,16-/m1/s1. The molecule has 0 bridgehead atoms. The Bertz CT molecular complexity index is 933. The summed E-state index contributed by atoms with van der Waals surface area (Å²) in [6.45, 7) is 4.52. The molecule has 1 fully saturated rings. The van der Waals surface area contributed by atoms with E-state index < -0.39 is 0 Å². The lowest BCUT2D eigenvalue weighted by molar-refractivity contribution is -0.122. The second-order valence-corrected chi connectivity index (χ2v) is 6.85. The van der Waals surface area contributed by atoms with E-state index in [1.165, 1.54) is 6.33 Å². The van der Waals surface area contributed by atoms with Crippen LogP contribution in [0.5, 0.6) is 0 Å². The third-order valence-corrected chi connectivity index (χ3v) is 4.75. The molecule has 1 saturated carbocycles. The van der Waals surface area contributed by atoms with Crippen molar-refractivity contribution in [1.82, 2.24) is 20.4 Å². The van der Waals surface area contributed by atoms with Gasteiger partial charge in [0.1, 0.15) is 6.33 Å². The van der Waals surface area contributed by atoms with Crippen LogP contribution in [0.3, 0.4) is 0 Å². The van der Waals surface area contributed by atoms with Gasteiger partial charge in [-0.15, -0.1) is 0 Å². The van der Waals surface area contributed by atoms with Gasteiger partial charge in [0.2, 0.25) is 5.91 Å². The predicted octanol–water partition coefficient (Wildman–Crippen LogP) is 3.38. The van der Waals surface area contributed by atoms with Crippen LogP contribution in [0.1, 0.15) is 24.6 Å². The molecule has 6 heteroatoms. The fraction of sp³-hybridized carbons (Fsp3) is 0.300. The van der Waals surface area contributed by atoms with E-state index in [1.54, 1.807) is 6.20 Å². The van der Waals surface area contributed by atoms with Gasteiger partial charge in [-0.2, -0.15) is 0 Å². The third kappa shape index (κ3) is 3.35. The van der Waals surface area contributed by atoms with Crippen LogP contribution in [-0.2, 0) is 11.3 Å². The van der Waals surface area contributed by atoms with Crippen LogP contribution < -0.4 is 5.32 Å². The fourth-order valence-electron chi connectivity index (χ4n) is 3.02. The minimum absolute atomic E-state index is 0.153. The Morgan fingerprint density at radius 3 is 2.73 bits per heavy atom. The SMILES string of the molecule is Cc1cc(-c2cncnc2-c2ccc(CNC(=O)[C@@H]3C[C@H]3C)cc2)on1. The number of benzene rings is 1. The minimum atomic E-state index is 0.153. The first-order chi connectivity index (χ1) is 12.6. The highest BCUT2D eigenvalue weighted by Gasteiger charge is 2.38. The average Bonchev–Trinajstić information content (AvgIpc) is 3.24. The Balaban J connectivity index is 1.51. The molecule has 4 rings (SSSR count). The van der Waals surface area contributed by atoms with Crippen molar-refractivity contribution in [3.05, 3.63) is 54.1 Å². The Kier molecular flexibility index (Phi) is 4.24. The summed E-state index contributed by atoms with van der Waals surface area (Å²) >= 11 is 0. The zero-order chi connectivity index (χ0) is 18.1. The number of hydrogen-bond acceptors (Lipinski definition) is 5. The van der Waals surface area contributed by atoms with E-state index in [9.17, 15) is 4.79 Å². The molecule has 1 aliphatic rings. The predicted molar refractivity (Wildman–Crippen MR) is 96.8 cm³/mol. The van der Waals surface area contributed by atoms with Crippen LogP contribution in [-0.4, -0.2) is 21.0 Å². The maximum absolute atomic E-state index is 11.9. The molecule has 6 nitrogen and oxygen atoms in total. The summed E-state index contributed by atoms with van der Waals surface area (Å²) in [6, 6.07) is 9.87. The van der Waals surface area contributed by atoms with Gasteiger partial charge < -0.3 is 9.84 Å². The first-order valence-electron chi connectivity index (χ1n) is 8.72. The fourth-order valence-corrected chi connectivity index (χ4v) is 3.02. The molecule has 0 radical (unpaired) electrons. The molecule has 3 aromatic rings. The van der Waals surface area contributed by atoms with Gasteiger partial charge in [-0.1, -0.05) is 36.3 Å². The van der Waals surface area contributed by atoms with Gasteiger partial charge in [0.05, 0.1) is 17.0 Å². The molecule has 2 atom stereocenters. The number of nitrogens with zero attached hydrogens (tertiary/aromatic N) is 3. The number of aromatic nitrogens is 3. The number of rotatable bonds is 5. The Hall–Kier alpha value is -3.02. The monoisotopic (exact) mass is 348 g/mol. The summed E-state index contributed by atoms with van der Waals surface area (Å²) in [5.74, 6) is 1.52. The number of carbonyl (C=O) groups excluding carboxylic acids is 1. The smallest absolute Gasteiger partial charge is 0.223 e. The topological polar surface area (TPSA) is 80.9 Å². The maximum Gasteiger partial charge on any atom is 0.223 e. The number of nitrogens with one attached hydrogen (secondary N) is 1. The molecular formula is C20H20N4O2. The zero-order valence-electron chi connectivity index (χ0n) is 14.8. The normalized spacial score (nSPS) is 18.5. The van der Waals surface area contributed by atoms with E-state index in [-0.39, 0.29) is 11.8 Å². The molecule has 2 heterocycles. The molecule has 0 aliphatic heterocycles. The van der Waals surface area contributed by atoms with Crippen molar-refractivity contribution >= 4 is 5.91 Å². The lowest BCUT2D eigenvalue weighted by atomic mass is 10.0. The van der Waals surface area contributed by atoms with E-state index >= 15 is 0 Å². The molecule has 0 spiro atoms. The van der Waals surface area contributed by atoms with E-state index in [4.69, 9.17) is 4.52 Å². The molecule has 0 unspecified atom stereocenters. The van der Waals surface area contributed by atoms with Crippen molar-refractivity contribution in [2.24, 2.45) is 11.8 Å². The van der Waals surface area contributed by atoms with Crippen molar-refractivity contribution in [3.63, 3.8) is 0 Å². The molecule has 2 aromatic heterocycles. The highest BCUT2D eigenvalue weighted by molar-refractivity contribution is 5.81. The number of carbonyl (C=O) groups is 1. The molecule has 1 aliphatic carbocycles. The molecule has 1 amide bonds. The zero-order valence-corrected chi connectivity index (χ0v) is 14.8. The molecule has 1 N–H and O–H groups in total. The van der Waals surface area contributed by atoms with Gasteiger partial charge in [-0.25, -0.2) is 9.97 Å². The third-order valence-electron chi connectivity index (χ3n) is 4.75. The van der Waals surface area contributed by atoms with Crippen molar-refractivity contribution < 1.29 is 9.32 Å². The molecule has 26 heavy (non-hydrogen) atoms. The van der Waals surface area contributed by atoms with Crippen LogP contribution in [0.15, 0.2) is 47.4 Å². The first-order valence-corrected chi connectivity index (χ1v) is 8.72. The lowest BCUT2D eigenvalue weighted by Gasteiger charge is -2.08. The Morgan fingerprint density at radius 2 is 2.08 bits per heavy atom. The molecule has 132 valence electrons. The van der Waals surface area contributed by atoms with Crippen molar-refractivity contribution in [2.45, 2.75) is 26.8 Å². The summed E-state index contributed by atoms with van der Waals surface area (Å²) < 4.78 is 5.36. The Labute approximate surface area is 151 Å². The largest absolute Gasteiger partial charge is 0.356 e. The first kappa shape index (κ1) is 16.4. The van der Waals surface area contributed by atoms with Crippen LogP contribution in [0, 0.1) is 18.8 Å². The van der Waals surface area contributed by atoms with Gasteiger partial charge in [0, 0.05) is 30.3 Å². The van der Waals surface area contributed by atoms with Crippen LogP contribution in [0.4, 0.5) is 0 Å². The highest BCUT2D eigenvalue weighted by atomic mass is 16.5. The molecule has 0 saturated heterocycles. The summed E-state index contributed by atoms with van der Waals surface area (Å²) in [5, 5.41) is 6.94. The number of hydrogen-bond donors (Lipinski definition) is 1. The highest BCUT2D eigenvalue weighted by Crippen LogP contribution is 2.37. The van der Waals surface area contributed by atoms with Gasteiger partial charge in [-0.3, -0.25) is 4.79 Å². The van der Waals surface area contributed by atoms with Crippen LogP contribution in [0.25, 0.3) is 22.6 Å². The van der Waals surface area contributed by atoms with E-state index in [0.29, 0.717) is 18.2 Å². The minimum Gasteiger partial charge on any atom is -0.356 e. The summed E-state index contributed by atoms with van der Waals surface area (Å²) in [4.78, 5) is 20.5. The van der Waals surface area contributed by atoms with Gasteiger partial charge in [0.25, 0.3) is 0 Å². The average molecular weight is 348 g/mol. The van der Waals surface area contributed by atoms with E-state index in [1.807, 2.05) is 37.3 Å². The summed E-state index contributed by atoms with van der Waals surface area (Å²) in [7, 11) is 0. The Morgan fingerprint density at radius 1 is 1.31 bits per heavy atom. The summed E-state index contributed by atoms with van der Waals surface area (Å²) in [6.07, 6.45) is 4.25. The van der Waals surface area contributed by atoms with Gasteiger partial charge in [-0.05, 0) is 24.8 Å². The van der Waals surface area contributed by atoms with Crippen LogP contribution >= 0.6 is 0 Å². The molecular weight excluding hydrogens is 328 g/mol. The molecule has 1 aromatic carbocycles. The number of aryl methyl sites for hydroxylation is 1.